The smallest absolute Gasteiger partial charge is 0.311 e. The van der Waals surface area contributed by atoms with Gasteiger partial charge in [-0.25, -0.2) is 0 Å². The normalized spacial score (nSPS) is 10.8. The van der Waals surface area contributed by atoms with Gasteiger partial charge in [-0.05, 0) is 17.9 Å². The Bertz CT molecular complexity index is 373. The summed E-state index contributed by atoms with van der Waals surface area (Å²) in [7, 11) is 0. The lowest BCUT2D eigenvalue weighted by molar-refractivity contribution is -0.142. The van der Waals surface area contributed by atoms with E-state index in [1.165, 1.54) is 70.6 Å². The summed E-state index contributed by atoms with van der Waals surface area (Å²) >= 11 is 1.61. The first kappa shape index (κ1) is 20.2. The number of hydrogen-bond acceptors (Lipinski definition) is 3. The Morgan fingerprint density at radius 2 is 1.48 bits per heavy atom. The zero-order valence-corrected chi connectivity index (χ0v) is 15.7. The van der Waals surface area contributed by atoms with Crippen LogP contribution >= 0.6 is 11.3 Å². The van der Waals surface area contributed by atoms with Crippen LogP contribution in [0.2, 0.25) is 0 Å². The van der Waals surface area contributed by atoms with E-state index in [4.69, 9.17) is 4.74 Å². The quantitative estimate of drug-likeness (QED) is 0.268. The van der Waals surface area contributed by atoms with E-state index in [9.17, 15) is 4.79 Å². The molecular weight excluding hydrogens is 304 g/mol. The van der Waals surface area contributed by atoms with E-state index in [-0.39, 0.29) is 5.97 Å². The average Bonchev–Trinajstić information content (AvgIpc) is 3.04. The van der Waals surface area contributed by atoms with Gasteiger partial charge >= 0.3 is 5.97 Å². The molecule has 0 radical (unpaired) electrons. The van der Waals surface area contributed by atoms with E-state index in [1.807, 2.05) is 17.5 Å². The lowest BCUT2D eigenvalue weighted by atomic mass is 10.1. The average molecular weight is 339 g/mol. The second kappa shape index (κ2) is 14.7. The number of hydrogen-bond donors (Lipinski definition) is 0. The van der Waals surface area contributed by atoms with Gasteiger partial charge in [-0.1, -0.05) is 83.6 Å². The molecule has 1 aromatic heterocycles. The highest BCUT2D eigenvalue weighted by Gasteiger charge is 2.04. The minimum Gasteiger partial charge on any atom is -0.465 e. The molecule has 0 atom stereocenters. The summed E-state index contributed by atoms with van der Waals surface area (Å²) in [6.45, 7) is 2.85. The van der Waals surface area contributed by atoms with Crippen LogP contribution in [0.3, 0.4) is 0 Å². The molecule has 0 aliphatic rings. The van der Waals surface area contributed by atoms with Gasteiger partial charge in [0.05, 0.1) is 13.0 Å². The topological polar surface area (TPSA) is 26.3 Å². The molecule has 1 aromatic rings. The van der Waals surface area contributed by atoms with Gasteiger partial charge in [0.15, 0.2) is 0 Å². The van der Waals surface area contributed by atoms with Crippen LogP contribution in [0.25, 0.3) is 0 Å². The summed E-state index contributed by atoms with van der Waals surface area (Å²) in [5, 5.41) is 1.99. The molecule has 1 heterocycles. The van der Waals surface area contributed by atoms with Crippen molar-refractivity contribution in [3.05, 3.63) is 22.4 Å². The third kappa shape index (κ3) is 12.3. The number of carbonyl (C=O) groups excluding carboxylic acids is 1. The Morgan fingerprint density at radius 3 is 2.00 bits per heavy atom. The molecule has 0 bridgehead atoms. The van der Waals surface area contributed by atoms with Crippen molar-refractivity contribution < 1.29 is 9.53 Å². The Balaban J connectivity index is 1.77. The van der Waals surface area contributed by atoms with Gasteiger partial charge in [0.2, 0.25) is 0 Å². The zero-order valence-electron chi connectivity index (χ0n) is 14.9. The molecule has 1 rings (SSSR count). The second-order valence-electron chi connectivity index (χ2n) is 6.37. The molecule has 0 aliphatic heterocycles. The molecule has 2 nitrogen and oxygen atoms in total. The van der Waals surface area contributed by atoms with Crippen molar-refractivity contribution in [2.75, 3.05) is 6.61 Å². The van der Waals surface area contributed by atoms with Gasteiger partial charge in [-0.3, -0.25) is 4.79 Å². The molecule has 0 N–H and O–H groups in total. The number of carbonyl (C=O) groups is 1. The van der Waals surface area contributed by atoms with E-state index >= 15 is 0 Å². The fourth-order valence-corrected chi connectivity index (χ4v) is 3.43. The summed E-state index contributed by atoms with van der Waals surface area (Å²) in [6.07, 6.45) is 16.4. The number of rotatable bonds is 15. The maximum absolute atomic E-state index is 11.6. The first-order valence-corrected chi connectivity index (χ1v) is 10.4. The van der Waals surface area contributed by atoms with E-state index in [1.54, 1.807) is 11.3 Å². The molecule has 132 valence electrons. The van der Waals surface area contributed by atoms with Crippen LogP contribution in [-0.4, -0.2) is 12.6 Å². The number of unbranched alkanes of at least 4 members (excludes halogenated alkanes) is 11. The molecule has 0 unspecified atom stereocenters. The SMILES string of the molecule is CCCCCCCCCCCCCCOC(=O)Cc1cccs1. The van der Waals surface area contributed by atoms with Gasteiger partial charge in [-0.15, -0.1) is 11.3 Å². The van der Waals surface area contributed by atoms with Crippen molar-refractivity contribution in [1.82, 2.24) is 0 Å². The standard InChI is InChI=1S/C20H34O2S/c1-2-3-4-5-6-7-8-9-10-11-12-13-16-22-20(21)18-19-15-14-17-23-19/h14-15,17H,2-13,16,18H2,1H3. The Kier molecular flexibility index (Phi) is 13.0. The first-order chi connectivity index (χ1) is 11.3. The summed E-state index contributed by atoms with van der Waals surface area (Å²) in [5.41, 5.74) is 0. The van der Waals surface area contributed by atoms with Gasteiger partial charge in [0, 0.05) is 4.88 Å². The van der Waals surface area contributed by atoms with Crippen molar-refractivity contribution in [3.63, 3.8) is 0 Å². The molecule has 3 heteroatoms. The Hall–Kier alpha value is -0.830. The molecular formula is C20H34O2S. The largest absolute Gasteiger partial charge is 0.465 e. The Labute approximate surface area is 146 Å². The van der Waals surface area contributed by atoms with Gasteiger partial charge in [0.1, 0.15) is 0 Å². The van der Waals surface area contributed by atoms with E-state index < -0.39 is 0 Å². The monoisotopic (exact) mass is 338 g/mol. The first-order valence-electron chi connectivity index (χ1n) is 9.51. The predicted molar refractivity (Wildman–Crippen MR) is 100 cm³/mol. The van der Waals surface area contributed by atoms with E-state index in [0.717, 1.165) is 11.3 Å². The fraction of sp³-hybridized carbons (Fsp3) is 0.750. The van der Waals surface area contributed by atoms with Crippen molar-refractivity contribution in [1.29, 1.82) is 0 Å². The third-order valence-corrected chi connectivity index (χ3v) is 5.04. The number of esters is 1. The van der Waals surface area contributed by atoms with Crippen molar-refractivity contribution >= 4 is 17.3 Å². The van der Waals surface area contributed by atoms with Gasteiger partial charge in [0.25, 0.3) is 0 Å². The van der Waals surface area contributed by atoms with E-state index in [0.29, 0.717) is 13.0 Å². The van der Waals surface area contributed by atoms with Crippen LogP contribution in [-0.2, 0) is 16.0 Å². The summed E-state index contributed by atoms with van der Waals surface area (Å²) in [4.78, 5) is 12.7. The highest BCUT2D eigenvalue weighted by molar-refractivity contribution is 7.10. The van der Waals surface area contributed by atoms with Crippen LogP contribution < -0.4 is 0 Å². The lowest BCUT2D eigenvalue weighted by Crippen LogP contribution is -2.08. The van der Waals surface area contributed by atoms with Crippen LogP contribution in [0.4, 0.5) is 0 Å². The number of ether oxygens (including phenoxy) is 1. The number of thiophene rings is 1. The van der Waals surface area contributed by atoms with Crippen molar-refractivity contribution in [2.24, 2.45) is 0 Å². The maximum Gasteiger partial charge on any atom is 0.311 e. The molecule has 0 fully saturated rings. The van der Waals surface area contributed by atoms with Crippen LogP contribution in [0.1, 0.15) is 88.9 Å². The van der Waals surface area contributed by atoms with Gasteiger partial charge < -0.3 is 4.74 Å². The van der Waals surface area contributed by atoms with Crippen molar-refractivity contribution in [2.45, 2.75) is 90.4 Å². The molecule has 0 saturated carbocycles. The van der Waals surface area contributed by atoms with Crippen LogP contribution in [0.5, 0.6) is 0 Å². The second-order valence-corrected chi connectivity index (χ2v) is 7.40. The highest BCUT2D eigenvalue weighted by atomic mass is 32.1. The molecule has 0 saturated heterocycles. The lowest BCUT2D eigenvalue weighted by Gasteiger charge is -2.04. The highest BCUT2D eigenvalue weighted by Crippen LogP contribution is 2.12. The molecule has 23 heavy (non-hydrogen) atoms. The molecule has 0 aliphatic carbocycles. The Morgan fingerprint density at radius 1 is 0.913 bits per heavy atom. The minimum absolute atomic E-state index is 0.0875. The van der Waals surface area contributed by atoms with Crippen LogP contribution in [0.15, 0.2) is 17.5 Å². The third-order valence-electron chi connectivity index (χ3n) is 4.16. The molecule has 0 amide bonds. The van der Waals surface area contributed by atoms with Gasteiger partial charge in [-0.2, -0.15) is 0 Å². The van der Waals surface area contributed by atoms with Crippen LogP contribution in [0, 0.1) is 0 Å². The summed E-state index contributed by atoms with van der Waals surface area (Å²) < 4.78 is 5.27. The predicted octanol–water partition coefficient (Wildman–Crippen LogP) is 6.53. The zero-order chi connectivity index (χ0) is 16.6. The molecule has 0 spiro atoms. The summed E-state index contributed by atoms with van der Waals surface area (Å²) in [6, 6.07) is 3.95. The summed E-state index contributed by atoms with van der Waals surface area (Å²) in [5.74, 6) is -0.0875. The molecule has 0 aromatic carbocycles. The van der Waals surface area contributed by atoms with Crippen molar-refractivity contribution in [3.8, 4) is 0 Å². The fourth-order valence-electron chi connectivity index (χ4n) is 2.74. The van der Waals surface area contributed by atoms with E-state index in [2.05, 4.69) is 6.92 Å². The minimum atomic E-state index is -0.0875. The maximum atomic E-state index is 11.6.